The van der Waals surface area contributed by atoms with Gasteiger partial charge in [0.2, 0.25) is 5.91 Å². The van der Waals surface area contributed by atoms with Crippen molar-refractivity contribution < 1.29 is 55.7 Å². The van der Waals surface area contributed by atoms with E-state index in [4.69, 9.17) is 29.8 Å². The number of hydrogen-bond acceptors (Lipinski definition) is 9. The van der Waals surface area contributed by atoms with Gasteiger partial charge in [0.1, 0.15) is 29.7 Å². The fourth-order valence-corrected chi connectivity index (χ4v) is 5.80. The van der Waals surface area contributed by atoms with E-state index in [2.05, 4.69) is 15.4 Å². The van der Waals surface area contributed by atoms with E-state index in [1.54, 1.807) is 29.3 Å². The van der Waals surface area contributed by atoms with Gasteiger partial charge >= 0.3 is 12.1 Å². The topological polar surface area (TPSA) is 171 Å². The van der Waals surface area contributed by atoms with Crippen molar-refractivity contribution in [3.63, 3.8) is 0 Å². The number of morpholine rings is 1. The van der Waals surface area contributed by atoms with Crippen LogP contribution in [0.5, 0.6) is 11.5 Å². The lowest BCUT2D eigenvalue weighted by molar-refractivity contribution is -0.192. The van der Waals surface area contributed by atoms with Crippen molar-refractivity contribution in [1.82, 2.24) is 19.7 Å². The van der Waals surface area contributed by atoms with Crippen LogP contribution >= 0.6 is 0 Å². The molecule has 13 nitrogen and oxygen atoms in total. The van der Waals surface area contributed by atoms with E-state index in [-0.39, 0.29) is 36.2 Å². The molecule has 2 aromatic carbocycles. The Bertz CT molecular complexity index is 2010. The fraction of sp³-hybridized carbons (Fsp3) is 0.343. The average Bonchev–Trinajstić information content (AvgIpc) is 3.49. The van der Waals surface area contributed by atoms with Crippen molar-refractivity contribution >= 4 is 23.5 Å². The number of nitrogens with zero attached hydrogens (tertiary/aromatic N) is 4. The van der Waals surface area contributed by atoms with Gasteiger partial charge in [0.05, 0.1) is 49.1 Å². The molecule has 53 heavy (non-hydrogen) atoms. The number of carbonyl (C=O) groups is 3. The summed E-state index contributed by atoms with van der Waals surface area (Å²) < 4.78 is 79.7. The maximum Gasteiger partial charge on any atom is 0.490 e. The predicted molar refractivity (Wildman–Crippen MR) is 180 cm³/mol. The SMILES string of the molecule is COc1cc2c(cc1-c1cncc(NC(=O)CCCN)c1)-c1c(c(C(=O)N3CCOCC3(C)C)nn1-c1cc(F)cc(F)c1)CO2.O=C(O)C(F)(F)F. The maximum absolute atomic E-state index is 14.5. The summed E-state index contributed by atoms with van der Waals surface area (Å²) in [5.41, 5.74) is 8.29. The molecule has 1 saturated heterocycles. The van der Waals surface area contributed by atoms with E-state index >= 15 is 0 Å². The number of carboxylic acid groups (broad SMARTS) is 1. The van der Waals surface area contributed by atoms with Gasteiger partial charge in [-0.1, -0.05) is 0 Å². The number of aliphatic carboxylic acids is 1. The number of amides is 2. The van der Waals surface area contributed by atoms with Crippen molar-refractivity contribution in [1.29, 1.82) is 0 Å². The van der Waals surface area contributed by atoms with Crippen LogP contribution < -0.4 is 20.5 Å². The van der Waals surface area contributed by atoms with Crippen LogP contribution in [-0.2, 0) is 20.9 Å². The van der Waals surface area contributed by atoms with Gasteiger partial charge in [-0.25, -0.2) is 18.3 Å². The molecule has 0 radical (unpaired) electrons. The van der Waals surface area contributed by atoms with Crippen LogP contribution in [0.1, 0.15) is 42.7 Å². The van der Waals surface area contributed by atoms with Crippen molar-refractivity contribution in [3.05, 3.63) is 71.7 Å². The van der Waals surface area contributed by atoms with E-state index in [1.165, 1.54) is 18.0 Å². The molecule has 2 aliphatic rings. The largest absolute Gasteiger partial charge is 0.496 e. The van der Waals surface area contributed by atoms with Crippen LogP contribution in [0, 0.1) is 11.6 Å². The van der Waals surface area contributed by atoms with Gasteiger partial charge in [-0.05, 0) is 51.1 Å². The minimum atomic E-state index is -5.08. The Morgan fingerprint density at radius 2 is 1.75 bits per heavy atom. The number of pyridine rings is 1. The number of nitrogens with one attached hydrogen (secondary N) is 1. The summed E-state index contributed by atoms with van der Waals surface area (Å²) in [6.07, 6.45) is -1.10. The molecule has 0 bridgehead atoms. The first-order valence-electron chi connectivity index (χ1n) is 16.1. The molecule has 0 spiro atoms. The van der Waals surface area contributed by atoms with Crippen LogP contribution in [0.3, 0.4) is 0 Å². The number of halogens is 5. The average molecular weight is 747 g/mol. The normalized spacial score (nSPS) is 14.5. The minimum Gasteiger partial charge on any atom is -0.496 e. The molecule has 282 valence electrons. The second-order valence-electron chi connectivity index (χ2n) is 12.6. The Kier molecular flexibility index (Phi) is 11.3. The number of carbonyl (C=O) groups excluding carboxylic acids is 2. The molecule has 18 heteroatoms. The Balaban J connectivity index is 0.000000705. The zero-order valence-corrected chi connectivity index (χ0v) is 28.7. The molecule has 2 aromatic heterocycles. The van der Waals surface area contributed by atoms with E-state index in [1.807, 2.05) is 13.8 Å². The summed E-state index contributed by atoms with van der Waals surface area (Å²) in [4.78, 5) is 41.4. The van der Waals surface area contributed by atoms with Gasteiger partial charge in [0, 0.05) is 53.5 Å². The van der Waals surface area contributed by atoms with Gasteiger partial charge in [-0.3, -0.25) is 14.6 Å². The molecule has 0 unspecified atom stereocenters. The number of carboxylic acids is 1. The van der Waals surface area contributed by atoms with Crippen molar-refractivity contribution in [3.8, 4) is 39.6 Å². The second kappa shape index (κ2) is 15.5. The van der Waals surface area contributed by atoms with Gasteiger partial charge in [-0.15, -0.1) is 0 Å². The minimum absolute atomic E-state index is 0.0135. The van der Waals surface area contributed by atoms with Crippen molar-refractivity contribution in [2.24, 2.45) is 5.73 Å². The number of anilines is 1. The molecule has 4 aromatic rings. The molecule has 1 fully saturated rings. The molecule has 2 amide bonds. The first kappa shape index (κ1) is 38.6. The molecule has 0 atom stereocenters. The molecular weight excluding hydrogens is 711 g/mol. The summed E-state index contributed by atoms with van der Waals surface area (Å²) in [6, 6.07) is 8.35. The molecular formula is C35H35F5N6O7. The Hall–Kier alpha value is -5.62. The second-order valence-corrected chi connectivity index (χ2v) is 12.6. The number of hydrogen-bond donors (Lipinski definition) is 3. The first-order chi connectivity index (χ1) is 25.0. The van der Waals surface area contributed by atoms with E-state index in [0.717, 1.165) is 18.2 Å². The number of rotatable bonds is 8. The summed E-state index contributed by atoms with van der Waals surface area (Å²) in [5, 5.41) is 14.6. The highest BCUT2D eigenvalue weighted by Gasteiger charge is 2.40. The summed E-state index contributed by atoms with van der Waals surface area (Å²) in [7, 11) is 1.52. The van der Waals surface area contributed by atoms with Gasteiger partial charge in [-0.2, -0.15) is 18.3 Å². The van der Waals surface area contributed by atoms with Crippen LogP contribution in [0.2, 0.25) is 0 Å². The highest BCUT2D eigenvalue weighted by atomic mass is 19.4. The highest BCUT2D eigenvalue weighted by Crippen LogP contribution is 2.46. The van der Waals surface area contributed by atoms with E-state index in [9.17, 15) is 31.5 Å². The number of benzene rings is 2. The lowest BCUT2D eigenvalue weighted by atomic mass is 9.95. The predicted octanol–water partition coefficient (Wildman–Crippen LogP) is 5.34. The van der Waals surface area contributed by atoms with Crippen LogP contribution in [0.15, 0.2) is 48.8 Å². The molecule has 0 aliphatic carbocycles. The number of nitrogens with two attached hydrogens (primary N) is 1. The lowest BCUT2D eigenvalue weighted by Crippen LogP contribution is -2.55. The van der Waals surface area contributed by atoms with Crippen LogP contribution in [0.25, 0.3) is 28.1 Å². The zero-order valence-electron chi connectivity index (χ0n) is 28.7. The third-order valence-corrected chi connectivity index (χ3v) is 8.28. The zero-order chi connectivity index (χ0) is 38.7. The fourth-order valence-electron chi connectivity index (χ4n) is 5.80. The number of aromatic nitrogens is 3. The van der Waals surface area contributed by atoms with Gasteiger partial charge < -0.3 is 35.3 Å². The first-order valence-corrected chi connectivity index (χ1v) is 16.1. The maximum atomic E-state index is 14.5. The number of fused-ring (bicyclic) bond motifs is 3. The third-order valence-electron chi connectivity index (χ3n) is 8.28. The van der Waals surface area contributed by atoms with E-state index in [0.29, 0.717) is 77.9 Å². The monoisotopic (exact) mass is 746 g/mol. The summed E-state index contributed by atoms with van der Waals surface area (Å²) in [6.45, 7) is 5.27. The highest BCUT2D eigenvalue weighted by molar-refractivity contribution is 5.98. The van der Waals surface area contributed by atoms with Crippen LogP contribution in [-0.4, -0.2) is 87.7 Å². The Morgan fingerprint density at radius 3 is 2.38 bits per heavy atom. The summed E-state index contributed by atoms with van der Waals surface area (Å²) >= 11 is 0. The third kappa shape index (κ3) is 8.55. The molecule has 4 heterocycles. The Morgan fingerprint density at radius 1 is 1.06 bits per heavy atom. The van der Waals surface area contributed by atoms with Crippen molar-refractivity contribution in [2.75, 3.05) is 38.7 Å². The number of alkyl halides is 3. The van der Waals surface area contributed by atoms with Crippen LogP contribution in [0.4, 0.5) is 27.6 Å². The van der Waals surface area contributed by atoms with Gasteiger partial charge in [0.15, 0.2) is 5.69 Å². The van der Waals surface area contributed by atoms with E-state index < -0.39 is 29.3 Å². The summed E-state index contributed by atoms with van der Waals surface area (Å²) in [5.74, 6) is -3.98. The number of ether oxygens (including phenoxy) is 3. The molecule has 6 rings (SSSR count). The lowest BCUT2D eigenvalue weighted by Gasteiger charge is -2.41. The van der Waals surface area contributed by atoms with Crippen molar-refractivity contribution in [2.45, 2.75) is 45.0 Å². The van der Waals surface area contributed by atoms with Gasteiger partial charge in [0.25, 0.3) is 5.91 Å². The smallest absolute Gasteiger partial charge is 0.490 e. The quantitative estimate of drug-likeness (QED) is 0.200. The molecule has 2 aliphatic heterocycles. The molecule has 4 N–H and O–H groups in total. The standard InChI is InChI=1S/C33H34F2N6O5.C2HF3O2/c1-33(2)18-45-8-7-40(33)32(43)30-26-17-46-28-14-27(44-3)24(19-9-22(16-37-15-19)38-29(42)5-4-6-36)13-25(28)31(26)41(39-30)23-11-20(34)10-21(35)12-23;3-2(4,5)1(6)7/h9-16H,4-8,17-18,36H2,1-3H3,(H,38,42);(H,6,7). The molecule has 0 saturated carbocycles. The number of methoxy groups -OCH3 is 1. The Labute approximate surface area is 299 Å².